The summed E-state index contributed by atoms with van der Waals surface area (Å²) in [6, 6.07) is 21.1. The molecule has 0 radical (unpaired) electrons. The van der Waals surface area contributed by atoms with Crippen LogP contribution in [0.1, 0.15) is 45.0 Å². The van der Waals surface area contributed by atoms with E-state index in [9.17, 15) is 4.79 Å². The van der Waals surface area contributed by atoms with Gasteiger partial charge in [0, 0.05) is 22.8 Å². The van der Waals surface area contributed by atoms with Crippen molar-refractivity contribution in [3.8, 4) is 0 Å². The maximum Gasteiger partial charge on any atom is 0.234 e. The molecule has 1 aliphatic heterocycles. The van der Waals surface area contributed by atoms with Gasteiger partial charge in [0.2, 0.25) is 5.91 Å². The predicted octanol–water partition coefficient (Wildman–Crippen LogP) is 4.93. The van der Waals surface area contributed by atoms with E-state index in [4.69, 9.17) is 0 Å². The minimum absolute atomic E-state index is 0.110. The lowest BCUT2D eigenvalue weighted by Crippen LogP contribution is -2.43. The Kier molecular flexibility index (Phi) is 6.66. The molecular formula is C26H30N2OS. The van der Waals surface area contributed by atoms with E-state index in [1.807, 2.05) is 29.5 Å². The van der Waals surface area contributed by atoms with E-state index < -0.39 is 0 Å². The third-order valence-electron chi connectivity index (χ3n) is 6.01. The first-order chi connectivity index (χ1) is 14.7. The molecule has 2 aromatic carbocycles. The highest BCUT2D eigenvalue weighted by molar-refractivity contribution is 7.12. The molecule has 1 atom stereocenters. The summed E-state index contributed by atoms with van der Waals surface area (Å²) in [6.45, 7) is 6.52. The SMILES string of the molecule is CCc1c(C)sc2c1CCN(CC(=O)NCCc1ccccc1)[C@@H]2c1ccccc1. The van der Waals surface area contributed by atoms with Crippen molar-refractivity contribution in [1.29, 1.82) is 0 Å². The summed E-state index contributed by atoms with van der Waals surface area (Å²) < 4.78 is 0. The fourth-order valence-electron chi connectivity index (χ4n) is 4.56. The standard InChI is InChI=1S/C26H30N2OS/c1-3-22-19(2)30-26-23(22)15-17-28(25(26)21-12-8-5-9-13-21)18-24(29)27-16-14-20-10-6-4-7-11-20/h4-13,25H,3,14-18H2,1-2H3,(H,27,29)/t25-/m1/s1. The lowest BCUT2D eigenvalue weighted by molar-refractivity contribution is -0.122. The Balaban J connectivity index is 1.49. The maximum atomic E-state index is 12.8. The van der Waals surface area contributed by atoms with Crippen LogP contribution in [0, 0.1) is 6.92 Å². The van der Waals surface area contributed by atoms with Gasteiger partial charge in [-0.15, -0.1) is 11.3 Å². The molecule has 4 heteroatoms. The van der Waals surface area contributed by atoms with E-state index >= 15 is 0 Å². The van der Waals surface area contributed by atoms with Crippen LogP contribution in [0.2, 0.25) is 0 Å². The van der Waals surface area contributed by atoms with E-state index in [0.29, 0.717) is 13.1 Å². The van der Waals surface area contributed by atoms with E-state index in [1.165, 1.54) is 32.0 Å². The first-order valence-electron chi connectivity index (χ1n) is 10.9. The number of hydrogen-bond acceptors (Lipinski definition) is 3. The van der Waals surface area contributed by atoms with Gasteiger partial charge in [0.1, 0.15) is 0 Å². The molecule has 0 aliphatic carbocycles. The van der Waals surface area contributed by atoms with Crippen LogP contribution in [-0.2, 0) is 24.1 Å². The monoisotopic (exact) mass is 418 g/mol. The molecule has 3 nitrogen and oxygen atoms in total. The molecule has 3 aromatic rings. The maximum absolute atomic E-state index is 12.8. The molecule has 0 saturated heterocycles. The lowest BCUT2D eigenvalue weighted by atomic mass is 9.91. The minimum Gasteiger partial charge on any atom is -0.355 e. The quantitative estimate of drug-likeness (QED) is 0.590. The predicted molar refractivity (Wildman–Crippen MR) is 125 cm³/mol. The fraction of sp³-hybridized carbons (Fsp3) is 0.346. The van der Waals surface area contributed by atoms with Crippen molar-refractivity contribution >= 4 is 17.2 Å². The zero-order chi connectivity index (χ0) is 20.9. The van der Waals surface area contributed by atoms with Crippen molar-refractivity contribution < 1.29 is 4.79 Å². The molecule has 0 fully saturated rings. The van der Waals surface area contributed by atoms with Gasteiger partial charge in [-0.05, 0) is 48.4 Å². The number of thiophene rings is 1. The highest BCUT2D eigenvalue weighted by Gasteiger charge is 2.33. The van der Waals surface area contributed by atoms with Gasteiger partial charge >= 0.3 is 0 Å². The highest BCUT2D eigenvalue weighted by Crippen LogP contribution is 2.42. The summed E-state index contributed by atoms with van der Waals surface area (Å²) in [4.78, 5) is 18.0. The largest absolute Gasteiger partial charge is 0.355 e. The Labute approximate surface area is 183 Å². The van der Waals surface area contributed by atoms with Crippen molar-refractivity contribution in [2.24, 2.45) is 0 Å². The second-order valence-electron chi connectivity index (χ2n) is 7.95. The van der Waals surface area contributed by atoms with Crippen molar-refractivity contribution in [2.45, 2.75) is 39.2 Å². The van der Waals surface area contributed by atoms with Gasteiger partial charge < -0.3 is 5.32 Å². The third kappa shape index (κ3) is 4.50. The van der Waals surface area contributed by atoms with Crippen LogP contribution < -0.4 is 5.32 Å². The van der Waals surface area contributed by atoms with Gasteiger partial charge in [-0.3, -0.25) is 9.69 Å². The number of aryl methyl sites for hydroxylation is 1. The smallest absolute Gasteiger partial charge is 0.234 e. The van der Waals surface area contributed by atoms with Crippen LogP contribution in [0.5, 0.6) is 0 Å². The molecule has 1 aromatic heterocycles. The number of carbonyl (C=O) groups is 1. The number of amides is 1. The van der Waals surface area contributed by atoms with E-state index in [0.717, 1.165) is 25.8 Å². The summed E-state index contributed by atoms with van der Waals surface area (Å²) in [5, 5.41) is 3.12. The van der Waals surface area contributed by atoms with E-state index in [1.54, 1.807) is 0 Å². The van der Waals surface area contributed by atoms with Crippen LogP contribution in [0.4, 0.5) is 0 Å². The fourth-order valence-corrected chi connectivity index (χ4v) is 6.02. The van der Waals surface area contributed by atoms with E-state index in [2.05, 4.69) is 66.5 Å². The summed E-state index contributed by atoms with van der Waals surface area (Å²) in [5.41, 5.74) is 5.57. The molecule has 0 bridgehead atoms. The molecule has 0 unspecified atom stereocenters. The number of nitrogens with zero attached hydrogens (tertiary/aromatic N) is 1. The second kappa shape index (κ2) is 9.59. The van der Waals surface area contributed by atoms with Crippen LogP contribution in [0.25, 0.3) is 0 Å². The average molecular weight is 419 g/mol. The summed E-state index contributed by atoms with van der Waals surface area (Å²) in [7, 11) is 0. The van der Waals surface area contributed by atoms with Gasteiger partial charge in [-0.25, -0.2) is 0 Å². The summed E-state index contributed by atoms with van der Waals surface area (Å²) in [6.07, 6.45) is 2.98. The molecule has 30 heavy (non-hydrogen) atoms. The van der Waals surface area contributed by atoms with Gasteiger partial charge in [-0.1, -0.05) is 67.6 Å². The molecule has 1 amide bonds. The topological polar surface area (TPSA) is 32.3 Å². The Morgan fingerprint density at radius 1 is 1.10 bits per heavy atom. The minimum atomic E-state index is 0.110. The number of benzene rings is 2. The Morgan fingerprint density at radius 3 is 2.50 bits per heavy atom. The van der Waals surface area contributed by atoms with Crippen molar-refractivity contribution in [1.82, 2.24) is 10.2 Å². The average Bonchev–Trinajstić information content (AvgIpc) is 3.09. The van der Waals surface area contributed by atoms with Crippen molar-refractivity contribution in [3.05, 3.63) is 92.7 Å². The normalized spacial score (nSPS) is 16.3. The van der Waals surface area contributed by atoms with Crippen molar-refractivity contribution in [3.63, 3.8) is 0 Å². The number of hydrogen-bond donors (Lipinski definition) is 1. The molecular weight excluding hydrogens is 388 g/mol. The Hall–Kier alpha value is -2.43. The van der Waals surface area contributed by atoms with Crippen LogP contribution in [0.3, 0.4) is 0 Å². The van der Waals surface area contributed by atoms with Crippen molar-refractivity contribution in [2.75, 3.05) is 19.6 Å². The number of carbonyl (C=O) groups excluding carboxylic acids is 1. The van der Waals surface area contributed by atoms with Gasteiger partial charge in [0.25, 0.3) is 0 Å². The first-order valence-corrected chi connectivity index (χ1v) is 11.7. The zero-order valence-corrected chi connectivity index (χ0v) is 18.7. The molecule has 0 spiro atoms. The third-order valence-corrected chi connectivity index (χ3v) is 7.25. The molecule has 0 saturated carbocycles. The Morgan fingerprint density at radius 2 is 1.80 bits per heavy atom. The zero-order valence-electron chi connectivity index (χ0n) is 17.9. The first kappa shape index (κ1) is 20.8. The molecule has 1 aliphatic rings. The molecule has 4 rings (SSSR count). The highest BCUT2D eigenvalue weighted by atomic mass is 32.1. The van der Waals surface area contributed by atoms with Gasteiger partial charge in [0.15, 0.2) is 0 Å². The summed E-state index contributed by atoms with van der Waals surface area (Å²) in [5.74, 6) is 0.110. The Bertz CT molecular complexity index is 981. The number of nitrogens with one attached hydrogen (secondary N) is 1. The molecule has 1 N–H and O–H groups in total. The van der Waals surface area contributed by atoms with Crippen LogP contribution in [0.15, 0.2) is 60.7 Å². The molecule has 156 valence electrons. The molecule has 2 heterocycles. The second-order valence-corrected chi connectivity index (χ2v) is 9.21. The summed E-state index contributed by atoms with van der Waals surface area (Å²) >= 11 is 1.92. The van der Waals surface area contributed by atoms with Crippen LogP contribution in [-0.4, -0.2) is 30.4 Å². The van der Waals surface area contributed by atoms with Gasteiger partial charge in [-0.2, -0.15) is 0 Å². The number of fused-ring (bicyclic) bond motifs is 1. The van der Waals surface area contributed by atoms with Crippen LogP contribution >= 0.6 is 11.3 Å². The van der Waals surface area contributed by atoms with E-state index in [-0.39, 0.29) is 11.9 Å². The lowest BCUT2D eigenvalue weighted by Gasteiger charge is -2.36. The number of rotatable bonds is 7. The van der Waals surface area contributed by atoms with Gasteiger partial charge in [0.05, 0.1) is 12.6 Å².